The molecule has 0 saturated carbocycles. The molecule has 2 nitrogen and oxygen atoms in total. The zero-order valence-electron chi connectivity index (χ0n) is 28.7. The lowest BCUT2D eigenvalue weighted by Crippen LogP contribution is -2.10. The summed E-state index contributed by atoms with van der Waals surface area (Å²) in [7, 11) is 0. The van der Waals surface area contributed by atoms with E-state index in [9.17, 15) is 0 Å². The van der Waals surface area contributed by atoms with Crippen LogP contribution in [-0.2, 0) is 0 Å². The minimum absolute atomic E-state index is 0.916. The average Bonchev–Trinajstić information content (AvgIpc) is 3.80. The van der Waals surface area contributed by atoms with Gasteiger partial charge in [0.05, 0.1) is 5.69 Å². The number of benzene rings is 9. The summed E-state index contributed by atoms with van der Waals surface area (Å²) in [6, 6.07) is 68.0. The quantitative estimate of drug-likeness (QED) is 0.178. The molecule has 0 aliphatic heterocycles. The van der Waals surface area contributed by atoms with E-state index in [2.05, 4.69) is 187 Å². The number of rotatable bonds is 5. The number of hydrogen-bond donors (Lipinski definition) is 0. The van der Waals surface area contributed by atoms with Crippen LogP contribution in [0.4, 0.5) is 17.1 Å². The normalized spacial score (nSPS) is 11.8. The fourth-order valence-corrected chi connectivity index (χ4v) is 9.33. The largest absolute Gasteiger partial charge is 0.455 e. The van der Waals surface area contributed by atoms with Gasteiger partial charge in [-0.1, -0.05) is 133 Å². The Kier molecular flexibility index (Phi) is 6.76. The molecule has 0 unspecified atom stereocenters. The van der Waals surface area contributed by atoms with Crippen molar-refractivity contribution >= 4 is 92.1 Å². The molecule has 0 saturated heterocycles. The number of fused-ring (bicyclic) bond motifs is 9. The Balaban J connectivity index is 1.11. The smallest absolute Gasteiger partial charge is 0.144 e. The summed E-state index contributed by atoms with van der Waals surface area (Å²) in [5.74, 6) is 0. The fourth-order valence-electron chi connectivity index (χ4n) is 8.09. The second-order valence-corrected chi connectivity index (χ2v) is 14.7. The molecular formula is C50H31NOS. The van der Waals surface area contributed by atoms with Gasteiger partial charge in [0.1, 0.15) is 11.2 Å². The molecule has 2 heterocycles. The number of anilines is 3. The van der Waals surface area contributed by atoms with Crippen LogP contribution in [0.25, 0.3) is 85.9 Å². The maximum atomic E-state index is 6.60. The molecule has 0 radical (unpaired) electrons. The first kappa shape index (κ1) is 30.0. The number of para-hydroxylation sites is 1. The van der Waals surface area contributed by atoms with E-state index in [4.69, 9.17) is 4.42 Å². The summed E-state index contributed by atoms with van der Waals surface area (Å²) in [5, 5.41) is 9.63. The van der Waals surface area contributed by atoms with Crippen LogP contribution in [0.1, 0.15) is 0 Å². The Hall–Kier alpha value is -6.68. The van der Waals surface area contributed by atoms with Gasteiger partial charge in [0.2, 0.25) is 0 Å². The van der Waals surface area contributed by atoms with Crippen LogP contribution in [0.5, 0.6) is 0 Å². The Bertz CT molecular complexity index is 3180. The first-order valence-electron chi connectivity index (χ1n) is 18.0. The molecule has 0 atom stereocenters. The van der Waals surface area contributed by atoms with Crippen molar-refractivity contribution in [2.24, 2.45) is 0 Å². The minimum Gasteiger partial charge on any atom is -0.455 e. The van der Waals surface area contributed by atoms with E-state index >= 15 is 0 Å². The lowest BCUT2D eigenvalue weighted by atomic mass is 9.98. The summed E-state index contributed by atoms with van der Waals surface area (Å²) in [6.45, 7) is 0. The lowest BCUT2D eigenvalue weighted by Gasteiger charge is -2.27. The van der Waals surface area contributed by atoms with Gasteiger partial charge in [0.15, 0.2) is 0 Å². The molecule has 2 aromatic heterocycles. The van der Waals surface area contributed by atoms with Crippen LogP contribution in [0.3, 0.4) is 0 Å². The highest BCUT2D eigenvalue weighted by Crippen LogP contribution is 2.48. The van der Waals surface area contributed by atoms with Gasteiger partial charge in [-0.2, -0.15) is 0 Å². The van der Waals surface area contributed by atoms with Crippen LogP contribution in [-0.4, -0.2) is 0 Å². The second kappa shape index (κ2) is 11.9. The Morgan fingerprint density at radius 3 is 2.00 bits per heavy atom. The minimum atomic E-state index is 0.916. The standard InChI is InChI=1S/C50H31NOS/c1-2-13-35-29-36(24-23-32(35)11-1)33-25-27-38(28-26-33)51(45-20-10-14-34-12-3-4-17-40(34)45)39-16-9-15-37(30-39)43-31-44-41-18-5-7-21-46(41)52-49(44)48-42-19-6-8-22-47(42)53-50(43)48/h1-31H. The van der Waals surface area contributed by atoms with Gasteiger partial charge >= 0.3 is 0 Å². The van der Waals surface area contributed by atoms with Crippen LogP contribution >= 0.6 is 11.3 Å². The van der Waals surface area contributed by atoms with Gasteiger partial charge in [-0.3, -0.25) is 0 Å². The van der Waals surface area contributed by atoms with E-state index in [1.54, 1.807) is 0 Å². The number of nitrogens with zero attached hydrogens (tertiary/aromatic N) is 1. The predicted octanol–water partition coefficient (Wildman–Crippen LogP) is 15.1. The molecule has 0 bridgehead atoms. The van der Waals surface area contributed by atoms with Gasteiger partial charge in [-0.25, -0.2) is 0 Å². The zero-order chi connectivity index (χ0) is 34.9. The molecule has 11 rings (SSSR count). The van der Waals surface area contributed by atoms with E-state index < -0.39 is 0 Å². The fraction of sp³-hybridized carbons (Fsp3) is 0. The molecule has 11 aromatic rings. The van der Waals surface area contributed by atoms with Crippen molar-refractivity contribution in [2.45, 2.75) is 0 Å². The molecule has 0 spiro atoms. The third-order valence-corrected chi connectivity index (χ3v) is 11.8. The summed E-state index contributed by atoms with van der Waals surface area (Å²) in [5.41, 5.74) is 10.0. The van der Waals surface area contributed by atoms with Crippen molar-refractivity contribution in [3.8, 4) is 22.3 Å². The molecule has 248 valence electrons. The first-order chi connectivity index (χ1) is 26.3. The van der Waals surface area contributed by atoms with Crippen molar-refractivity contribution in [1.82, 2.24) is 0 Å². The molecule has 53 heavy (non-hydrogen) atoms. The summed E-state index contributed by atoms with van der Waals surface area (Å²) in [6.07, 6.45) is 0. The highest BCUT2D eigenvalue weighted by Gasteiger charge is 2.21. The lowest BCUT2D eigenvalue weighted by molar-refractivity contribution is 0.673. The van der Waals surface area contributed by atoms with Gasteiger partial charge in [-0.05, 0) is 87.4 Å². The van der Waals surface area contributed by atoms with Crippen molar-refractivity contribution in [3.63, 3.8) is 0 Å². The van der Waals surface area contributed by atoms with Gasteiger partial charge in [0.25, 0.3) is 0 Å². The molecule has 9 aromatic carbocycles. The maximum Gasteiger partial charge on any atom is 0.144 e. The van der Waals surface area contributed by atoms with E-state index in [0.717, 1.165) is 39.0 Å². The third-order valence-electron chi connectivity index (χ3n) is 10.6. The SMILES string of the molecule is c1cc(-c2cc3c4ccccc4oc3c3c2sc2ccccc23)cc(N(c2ccc(-c3ccc4ccccc4c3)cc2)c2cccc3ccccc23)c1. The zero-order valence-corrected chi connectivity index (χ0v) is 29.5. The van der Waals surface area contributed by atoms with Gasteiger partial charge < -0.3 is 9.32 Å². The van der Waals surface area contributed by atoms with E-state index in [1.807, 2.05) is 17.4 Å². The highest BCUT2D eigenvalue weighted by molar-refractivity contribution is 7.26. The summed E-state index contributed by atoms with van der Waals surface area (Å²) < 4.78 is 9.11. The van der Waals surface area contributed by atoms with Crippen molar-refractivity contribution < 1.29 is 4.42 Å². The van der Waals surface area contributed by atoms with E-state index in [0.29, 0.717) is 0 Å². The Morgan fingerprint density at radius 1 is 0.415 bits per heavy atom. The van der Waals surface area contributed by atoms with Gasteiger partial charge in [0, 0.05) is 53.3 Å². The molecule has 0 N–H and O–H groups in total. The van der Waals surface area contributed by atoms with Crippen LogP contribution in [0.2, 0.25) is 0 Å². The predicted molar refractivity (Wildman–Crippen MR) is 227 cm³/mol. The molecule has 3 heteroatoms. The van der Waals surface area contributed by atoms with Crippen LogP contribution < -0.4 is 4.90 Å². The third kappa shape index (κ3) is 4.86. The van der Waals surface area contributed by atoms with Crippen molar-refractivity contribution in [2.75, 3.05) is 4.90 Å². The number of hydrogen-bond acceptors (Lipinski definition) is 3. The number of furan rings is 1. The topological polar surface area (TPSA) is 16.4 Å². The molecule has 0 aliphatic rings. The molecule has 0 amide bonds. The molecular weight excluding hydrogens is 663 g/mol. The Labute approximate surface area is 310 Å². The maximum absolute atomic E-state index is 6.60. The molecule has 0 aliphatic carbocycles. The van der Waals surface area contributed by atoms with Crippen LogP contribution in [0, 0.1) is 0 Å². The summed E-state index contributed by atoms with van der Waals surface area (Å²) >= 11 is 1.84. The van der Waals surface area contributed by atoms with E-state index in [-0.39, 0.29) is 0 Å². The Morgan fingerprint density at radius 2 is 1.11 bits per heavy atom. The summed E-state index contributed by atoms with van der Waals surface area (Å²) in [4.78, 5) is 2.41. The van der Waals surface area contributed by atoms with E-state index in [1.165, 1.54) is 64.0 Å². The second-order valence-electron chi connectivity index (χ2n) is 13.7. The van der Waals surface area contributed by atoms with Crippen LogP contribution in [0.15, 0.2) is 192 Å². The molecule has 0 fully saturated rings. The average molecular weight is 694 g/mol. The van der Waals surface area contributed by atoms with Crippen molar-refractivity contribution in [1.29, 1.82) is 0 Å². The van der Waals surface area contributed by atoms with Gasteiger partial charge in [-0.15, -0.1) is 11.3 Å². The highest BCUT2D eigenvalue weighted by atomic mass is 32.1. The first-order valence-corrected chi connectivity index (χ1v) is 18.8. The monoisotopic (exact) mass is 693 g/mol. The van der Waals surface area contributed by atoms with Crippen molar-refractivity contribution in [3.05, 3.63) is 188 Å². The number of thiophene rings is 1.